The number of rotatable bonds is 7. The van der Waals surface area contributed by atoms with Crippen molar-refractivity contribution in [2.24, 2.45) is 0 Å². The SMILES string of the molecule is CC(C)Oc1cncc(NC(C(=O)c2c[nH]c3ccccc23)c2ccccc2)c1. The zero-order valence-electron chi connectivity index (χ0n) is 16.4. The molecule has 0 radical (unpaired) electrons. The van der Waals surface area contributed by atoms with Gasteiger partial charge in [0.05, 0.1) is 24.2 Å². The van der Waals surface area contributed by atoms with Crippen molar-refractivity contribution in [1.29, 1.82) is 0 Å². The summed E-state index contributed by atoms with van der Waals surface area (Å²) in [5, 5.41) is 4.27. The summed E-state index contributed by atoms with van der Waals surface area (Å²) in [6, 6.07) is 18.8. The molecule has 1 atom stereocenters. The largest absolute Gasteiger partial charge is 0.489 e. The molecule has 4 rings (SSSR count). The zero-order chi connectivity index (χ0) is 20.2. The molecule has 0 spiro atoms. The monoisotopic (exact) mass is 385 g/mol. The van der Waals surface area contributed by atoms with Crippen LogP contribution < -0.4 is 10.1 Å². The molecule has 0 aliphatic carbocycles. The molecule has 29 heavy (non-hydrogen) atoms. The number of hydrogen-bond acceptors (Lipinski definition) is 4. The molecule has 2 aromatic heterocycles. The first-order valence-electron chi connectivity index (χ1n) is 9.65. The van der Waals surface area contributed by atoms with E-state index in [1.165, 1.54) is 0 Å². The Morgan fingerprint density at radius 3 is 2.59 bits per heavy atom. The van der Waals surface area contributed by atoms with E-state index < -0.39 is 6.04 Å². The van der Waals surface area contributed by atoms with E-state index in [0.29, 0.717) is 11.3 Å². The number of aromatic amines is 1. The van der Waals surface area contributed by atoms with E-state index in [0.717, 1.165) is 22.2 Å². The first-order valence-corrected chi connectivity index (χ1v) is 9.65. The fourth-order valence-electron chi connectivity index (χ4n) is 3.38. The number of carbonyl (C=O) groups excluding carboxylic acids is 1. The second-order valence-electron chi connectivity index (χ2n) is 7.18. The molecule has 2 aromatic carbocycles. The van der Waals surface area contributed by atoms with Crippen molar-refractivity contribution in [3.05, 3.63) is 90.4 Å². The van der Waals surface area contributed by atoms with E-state index in [4.69, 9.17) is 4.74 Å². The van der Waals surface area contributed by atoms with Crippen molar-refractivity contribution >= 4 is 22.4 Å². The Bertz CT molecular complexity index is 1120. The van der Waals surface area contributed by atoms with Crippen LogP contribution in [0, 0.1) is 0 Å². The summed E-state index contributed by atoms with van der Waals surface area (Å²) < 4.78 is 5.74. The van der Waals surface area contributed by atoms with E-state index in [1.54, 1.807) is 18.6 Å². The smallest absolute Gasteiger partial charge is 0.191 e. The van der Waals surface area contributed by atoms with Crippen molar-refractivity contribution in [2.45, 2.75) is 26.0 Å². The van der Waals surface area contributed by atoms with E-state index in [1.807, 2.05) is 74.5 Å². The summed E-state index contributed by atoms with van der Waals surface area (Å²) >= 11 is 0. The summed E-state index contributed by atoms with van der Waals surface area (Å²) in [4.78, 5) is 21.0. The lowest BCUT2D eigenvalue weighted by Crippen LogP contribution is -2.21. The number of pyridine rings is 1. The highest BCUT2D eigenvalue weighted by Crippen LogP contribution is 2.28. The molecule has 0 saturated heterocycles. The number of para-hydroxylation sites is 1. The third kappa shape index (κ3) is 4.14. The Balaban J connectivity index is 1.70. The summed E-state index contributed by atoms with van der Waals surface area (Å²) in [5.41, 5.74) is 3.21. The van der Waals surface area contributed by atoms with Crippen LogP contribution in [0.15, 0.2) is 79.3 Å². The average molecular weight is 385 g/mol. The van der Waals surface area contributed by atoms with Gasteiger partial charge in [-0.05, 0) is 25.5 Å². The van der Waals surface area contributed by atoms with Gasteiger partial charge in [0.1, 0.15) is 11.8 Å². The lowest BCUT2D eigenvalue weighted by Gasteiger charge is -2.20. The number of nitrogens with zero attached hydrogens (tertiary/aromatic N) is 1. The van der Waals surface area contributed by atoms with Gasteiger partial charge in [0, 0.05) is 28.7 Å². The van der Waals surface area contributed by atoms with Crippen molar-refractivity contribution in [1.82, 2.24) is 9.97 Å². The van der Waals surface area contributed by atoms with Crippen LogP contribution in [0.5, 0.6) is 5.75 Å². The van der Waals surface area contributed by atoms with E-state index >= 15 is 0 Å². The average Bonchev–Trinajstić information content (AvgIpc) is 3.16. The number of aromatic nitrogens is 2. The molecule has 0 aliphatic heterocycles. The van der Waals surface area contributed by atoms with Crippen molar-refractivity contribution in [3.8, 4) is 5.75 Å². The molecule has 0 fully saturated rings. The first kappa shape index (κ1) is 18.7. The summed E-state index contributed by atoms with van der Waals surface area (Å²) in [6.45, 7) is 3.93. The van der Waals surface area contributed by atoms with Gasteiger partial charge in [0.2, 0.25) is 0 Å². The van der Waals surface area contributed by atoms with Crippen molar-refractivity contribution in [2.75, 3.05) is 5.32 Å². The molecule has 0 saturated carbocycles. The van der Waals surface area contributed by atoms with Gasteiger partial charge in [-0.3, -0.25) is 9.78 Å². The molecular weight excluding hydrogens is 362 g/mol. The number of H-pyrrole nitrogens is 1. The van der Waals surface area contributed by atoms with Crippen LogP contribution in [0.1, 0.15) is 35.8 Å². The Hall–Kier alpha value is -3.60. The molecule has 0 amide bonds. The van der Waals surface area contributed by atoms with Crippen LogP contribution in [0.2, 0.25) is 0 Å². The number of anilines is 1. The van der Waals surface area contributed by atoms with Gasteiger partial charge in [0.25, 0.3) is 0 Å². The Kier molecular flexibility index (Phi) is 5.29. The Labute approximate surface area is 169 Å². The van der Waals surface area contributed by atoms with Gasteiger partial charge in [-0.25, -0.2) is 0 Å². The third-order valence-corrected chi connectivity index (χ3v) is 4.65. The standard InChI is InChI=1S/C24H23N3O2/c1-16(2)29-19-12-18(13-25-14-19)27-23(17-8-4-3-5-9-17)24(28)21-15-26-22-11-7-6-10-20(21)22/h3-16,23,26-27H,1-2H3. The van der Waals surface area contributed by atoms with Gasteiger partial charge >= 0.3 is 0 Å². The minimum absolute atomic E-state index is 0.0103. The molecule has 2 heterocycles. The summed E-state index contributed by atoms with van der Waals surface area (Å²) in [5.74, 6) is 0.653. The number of carbonyl (C=O) groups is 1. The minimum Gasteiger partial charge on any atom is -0.489 e. The van der Waals surface area contributed by atoms with E-state index in [-0.39, 0.29) is 11.9 Å². The van der Waals surface area contributed by atoms with Crippen LogP contribution in [0.25, 0.3) is 10.9 Å². The minimum atomic E-state index is -0.550. The van der Waals surface area contributed by atoms with E-state index in [9.17, 15) is 4.79 Å². The maximum absolute atomic E-state index is 13.6. The van der Waals surface area contributed by atoms with Gasteiger partial charge in [-0.2, -0.15) is 0 Å². The Morgan fingerprint density at radius 1 is 1.03 bits per heavy atom. The van der Waals surface area contributed by atoms with Gasteiger partial charge in [-0.15, -0.1) is 0 Å². The number of ketones is 1. The number of benzene rings is 2. The normalized spacial score (nSPS) is 12.1. The molecule has 146 valence electrons. The van der Waals surface area contributed by atoms with Crippen LogP contribution in [0.4, 0.5) is 5.69 Å². The maximum Gasteiger partial charge on any atom is 0.191 e. The number of hydrogen-bond donors (Lipinski definition) is 2. The highest BCUT2D eigenvalue weighted by atomic mass is 16.5. The number of nitrogens with one attached hydrogen (secondary N) is 2. The number of Topliss-reactive ketones (excluding diaryl/α,β-unsaturated/α-hetero) is 1. The molecule has 0 bridgehead atoms. The van der Waals surface area contributed by atoms with Gasteiger partial charge in [0.15, 0.2) is 5.78 Å². The highest BCUT2D eigenvalue weighted by Gasteiger charge is 2.24. The summed E-state index contributed by atoms with van der Waals surface area (Å²) in [6.07, 6.45) is 5.20. The zero-order valence-corrected chi connectivity index (χ0v) is 16.4. The molecule has 4 aromatic rings. The van der Waals surface area contributed by atoms with Gasteiger partial charge in [-0.1, -0.05) is 48.5 Å². The van der Waals surface area contributed by atoms with Crippen molar-refractivity contribution in [3.63, 3.8) is 0 Å². The lowest BCUT2D eigenvalue weighted by atomic mass is 9.97. The number of ether oxygens (including phenoxy) is 1. The predicted octanol–water partition coefficient (Wildman–Crippen LogP) is 5.39. The maximum atomic E-state index is 13.6. The topological polar surface area (TPSA) is 67.0 Å². The lowest BCUT2D eigenvalue weighted by molar-refractivity contribution is 0.0971. The molecule has 5 nitrogen and oxygen atoms in total. The predicted molar refractivity (Wildman–Crippen MR) is 115 cm³/mol. The van der Waals surface area contributed by atoms with Gasteiger partial charge < -0.3 is 15.0 Å². The first-order chi connectivity index (χ1) is 14.1. The molecule has 0 aliphatic rings. The summed E-state index contributed by atoms with van der Waals surface area (Å²) in [7, 11) is 0. The number of fused-ring (bicyclic) bond motifs is 1. The second-order valence-corrected chi connectivity index (χ2v) is 7.18. The third-order valence-electron chi connectivity index (χ3n) is 4.65. The van der Waals surface area contributed by atoms with Crippen LogP contribution in [-0.2, 0) is 0 Å². The molecular formula is C24H23N3O2. The highest BCUT2D eigenvalue weighted by molar-refractivity contribution is 6.11. The molecule has 1 unspecified atom stereocenters. The van der Waals surface area contributed by atoms with E-state index in [2.05, 4.69) is 15.3 Å². The quantitative estimate of drug-likeness (QED) is 0.419. The van der Waals surface area contributed by atoms with Crippen molar-refractivity contribution < 1.29 is 9.53 Å². The fraction of sp³-hybridized carbons (Fsp3) is 0.167. The Morgan fingerprint density at radius 2 is 1.79 bits per heavy atom. The fourth-order valence-corrected chi connectivity index (χ4v) is 3.38. The second kappa shape index (κ2) is 8.19. The molecule has 5 heteroatoms. The van der Waals surface area contributed by atoms with Crippen LogP contribution >= 0.6 is 0 Å². The van der Waals surface area contributed by atoms with Crippen LogP contribution in [-0.4, -0.2) is 21.9 Å². The molecule has 2 N–H and O–H groups in total. The van der Waals surface area contributed by atoms with Crippen LogP contribution in [0.3, 0.4) is 0 Å².